The van der Waals surface area contributed by atoms with Gasteiger partial charge >= 0.3 is 6.18 Å². The molecule has 0 saturated carbocycles. The van der Waals surface area contributed by atoms with Gasteiger partial charge in [-0.1, -0.05) is 6.92 Å². The number of rotatable bonds is 3. The highest BCUT2D eigenvalue weighted by atomic mass is 19.4. The second-order valence-electron chi connectivity index (χ2n) is 6.52. The van der Waals surface area contributed by atoms with E-state index in [2.05, 4.69) is 0 Å². The van der Waals surface area contributed by atoms with E-state index in [0.717, 1.165) is 18.9 Å². The van der Waals surface area contributed by atoms with Crippen molar-refractivity contribution in [2.24, 2.45) is 5.92 Å². The smallest absolute Gasteiger partial charge is 0.425 e. The second kappa shape index (κ2) is 6.19. The SMILES string of the molecule is Cc1ccc(C(O)(CC(=O)N2CC(C)CCC2C)C(F)(F)F)o1. The molecule has 2 heterocycles. The van der Waals surface area contributed by atoms with Crippen LogP contribution in [0.3, 0.4) is 0 Å². The maximum Gasteiger partial charge on any atom is 0.425 e. The number of carbonyl (C=O) groups excluding carboxylic acids is 1. The van der Waals surface area contributed by atoms with Crippen LogP contribution < -0.4 is 0 Å². The first-order valence-electron chi connectivity index (χ1n) is 7.70. The highest BCUT2D eigenvalue weighted by molar-refractivity contribution is 5.78. The standard InChI is InChI=1S/C16H22F3NO3/c1-10-4-5-11(2)20(9-10)14(21)8-15(22,16(17,18)19)13-7-6-12(3)23-13/h6-7,10-11,22H,4-5,8-9H2,1-3H3. The first kappa shape index (κ1) is 17.8. The van der Waals surface area contributed by atoms with Crippen molar-refractivity contribution in [2.45, 2.75) is 57.9 Å². The Morgan fingerprint density at radius 1 is 1.35 bits per heavy atom. The summed E-state index contributed by atoms with van der Waals surface area (Å²) < 4.78 is 45.2. The van der Waals surface area contributed by atoms with Gasteiger partial charge in [-0.2, -0.15) is 13.2 Å². The lowest BCUT2D eigenvalue weighted by Gasteiger charge is -2.38. The molecule has 0 aromatic carbocycles. The zero-order valence-corrected chi connectivity index (χ0v) is 13.5. The van der Waals surface area contributed by atoms with Gasteiger partial charge in [0.05, 0.1) is 6.42 Å². The Kier molecular flexibility index (Phi) is 4.80. The zero-order chi connectivity index (χ0) is 17.4. The van der Waals surface area contributed by atoms with E-state index in [1.165, 1.54) is 17.9 Å². The molecule has 0 radical (unpaired) electrons. The van der Waals surface area contributed by atoms with Gasteiger partial charge in [0.25, 0.3) is 0 Å². The van der Waals surface area contributed by atoms with E-state index < -0.39 is 29.9 Å². The average molecular weight is 333 g/mol. The van der Waals surface area contributed by atoms with Crippen LogP contribution in [-0.2, 0) is 10.4 Å². The van der Waals surface area contributed by atoms with Crippen molar-refractivity contribution in [2.75, 3.05) is 6.54 Å². The molecule has 23 heavy (non-hydrogen) atoms. The third kappa shape index (κ3) is 3.54. The van der Waals surface area contributed by atoms with E-state index in [9.17, 15) is 23.1 Å². The number of aliphatic hydroxyl groups is 1. The summed E-state index contributed by atoms with van der Waals surface area (Å²) in [6.45, 7) is 5.66. The Morgan fingerprint density at radius 2 is 2.00 bits per heavy atom. The fourth-order valence-corrected chi connectivity index (χ4v) is 2.94. The minimum absolute atomic E-state index is 0.130. The molecule has 0 bridgehead atoms. The van der Waals surface area contributed by atoms with Crippen LogP contribution in [0.5, 0.6) is 0 Å². The van der Waals surface area contributed by atoms with Gasteiger partial charge in [-0.3, -0.25) is 4.79 Å². The highest BCUT2D eigenvalue weighted by Gasteiger charge is 2.59. The summed E-state index contributed by atoms with van der Waals surface area (Å²) in [7, 11) is 0. The molecule has 130 valence electrons. The van der Waals surface area contributed by atoms with E-state index in [4.69, 9.17) is 4.42 Å². The molecule has 0 aliphatic carbocycles. The van der Waals surface area contributed by atoms with Crippen molar-refractivity contribution >= 4 is 5.91 Å². The number of piperidine rings is 1. The van der Waals surface area contributed by atoms with Crippen molar-refractivity contribution in [1.82, 2.24) is 4.90 Å². The number of halogens is 3. The molecule has 2 rings (SSSR count). The Balaban J connectivity index is 2.26. The number of hydrogen-bond acceptors (Lipinski definition) is 3. The number of furan rings is 1. The Hall–Kier alpha value is -1.50. The van der Waals surface area contributed by atoms with Gasteiger partial charge in [0.2, 0.25) is 11.5 Å². The van der Waals surface area contributed by atoms with Gasteiger partial charge < -0.3 is 14.4 Å². The molecule has 7 heteroatoms. The third-order valence-electron chi connectivity index (χ3n) is 4.46. The van der Waals surface area contributed by atoms with Crippen molar-refractivity contribution in [1.29, 1.82) is 0 Å². The van der Waals surface area contributed by atoms with Crippen LogP contribution in [0, 0.1) is 12.8 Å². The van der Waals surface area contributed by atoms with Gasteiger partial charge in [-0.05, 0) is 44.7 Å². The van der Waals surface area contributed by atoms with Crippen molar-refractivity contribution < 1.29 is 27.5 Å². The van der Waals surface area contributed by atoms with E-state index in [-0.39, 0.29) is 17.7 Å². The molecule has 4 nitrogen and oxygen atoms in total. The molecule has 1 saturated heterocycles. The molecule has 3 atom stereocenters. The summed E-state index contributed by atoms with van der Waals surface area (Å²) in [5, 5.41) is 10.2. The predicted molar refractivity (Wildman–Crippen MR) is 77.6 cm³/mol. The summed E-state index contributed by atoms with van der Waals surface area (Å²) in [5.74, 6) is -0.874. The van der Waals surface area contributed by atoms with Crippen LogP contribution in [0.2, 0.25) is 0 Å². The predicted octanol–water partition coefficient (Wildman–Crippen LogP) is 3.38. The topological polar surface area (TPSA) is 53.7 Å². The lowest BCUT2D eigenvalue weighted by Crippen LogP contribution is -2.50. The maximum atomic E-state index is 13.4. The van der Waals surface area contributed by atoms with Crippen LogP contribution in [0.4, 0.5) is 13.2 Å². The third-order valence-corrected chi connectivity index (χ3v) is 4.46. The summed E-state index contributed by atoms with van der Waals surface area (Å²) in [6, 6.07) is 2.27. The zero-order valence-electron chi connectivity index (χ0n) is 13.5. The summed E-state index contributed by atoms with van der Waals surface area (Å²) in [5.41, 5.74) is -3.31. The lowest BCUT2D eigenvalue weighted by molar-refractivity contribution is -0.274. The summed E-state index contributed by atoms with van der Waals surface area (Å²) in [6.07, 6.45) is -4.39. The minimum atomic E-state index is -5.00. The first-order valence-corrected chi connectivity index (χ1v) is 7.70. The fraction of sp³-hybridized carbons (Fsp3) is 0.688. The molecule has 3 unspecified atom stereocenters. The second-order valence-corrected chi connectivity index (χ2v) is 6.52. The van der Waals surface area contributed by atoms with Gasteiger partial charge in [-0.15, -0.1) is 0 Å². The van der Waals surface area contributed by atoms with Gasteiger partial charge in [0.15, 0.2) is 0 Å². The monoisotopic (exact) mass is 333 g/mol. The van der Waals surface area contributed by atoms with Crippen LogP contribution in [-0.4, -0.2) is 34.7 Å². The summed E-state index contributed by atoms with van der Waals surface area (Å²) in [4.78, 5) is 13.9. The number of likely N-dealkylation sites (tertiary alicyclic amines) is 1. The molecule has 1 aromatic heterocycles. The van der Waals surface area contributed by atoms with E-state index in [0.29, 0.717) is 6.54 Å². The number of hydrogen-bond donors (Lipinski definition) is 1. The van der Waals surface area contributed by atoms with Gasteiger partial charge in [-0.25, -0.2) is 0 Å². The van der Waals surface area contributed by atoms with E-state index in [1.807, 2.05) is 13.8 Å². The van der Waals surface area contributed by atoms with Crippen molar-refractivity contribution in [3.63, 3.8) is 0 Å². The van der Waals surface area contributed by atoms with Gasteiger partial charge in [0.1, 0.15) is 11.5 Å². The quantitative estimate of drug-likeness (QED) is 0.923. The van der Waals surface area contributed by atoms with Crippen LogP contribution in [0.25, 0.3) is 0 Å². The molecular formula is C16H22F3NO3. The molecular weight excluding hydrogens is 311 g/mol. The molecule has 1 aliphatic heterocycles. The highest BCUT2D eigenvalue weighted by Crippen LogP contribution is 2.43. The van der Waals surface area contributed by atoms with E-state index >= 15 is 0 Å². The summed E-state index contributed by atoms with van der Waals surface area (Å²) >= 11 is 0. The van der Waals surface area contributed by atoms with Crippen molar-refractivity contribution in [3.05, 3.63) is 23.7 Å². The largest absolute Gasteiger partial charge is 0.463 e. The van der Waals surface area contributed by atoms with Crippen molar-refractivity contribution in [3.8, 4) is 0 Å². The molecule has 1 aromatic rings. The minimum Gasteiger partial charge on any atom is -0.463 e. The number of amides is 1. The molecule has 0 spiro atoms. The number of carbonyl (C=O) groups is 1. The Labute approximate surface area is 133 Å². The van der Waals surface area contributed by atoms with Crippen LogP contribution in [0.15, 0.2) is 16.5 Å². The normalized spacial score (nSPS) is 25.3. The van der Waals surface area contributed by atoms with Crippen LogP contribution in [0.1, 0.15) is 44.6 Å². The maximum absolute atomic E-state index is 13.4. The Morgan fingerprint density at radius 3 is 2.52 bits per heavy atom. The lowest BCUT2D eigenvalue weighted by atomic mass is 9.91. The van der Waals surface area contributed by atoms with E-state index in [1.54, 1.807) is 0 Å². The Bertz CT molecular complexity index is 569. The molecule has 1 N–H and O–H groups in total. The molecule has 1 amide bonds. The number of alkyl halides is 3. The average Bonchev–Trinajstić information content (AvgIpc) is 2.87. The molecule has 1 fully saturated rings. The number of aryl methyl sites for hydroxylation is 1. The van der Waals surface area contributed by atoms with Crippen LogP contribution >= 0.6 is 0 Å². The van der Waals surface area contributed by atoms with Gasteiger partial charge in [0, 0.05) is 12.6 Å². The fourth-order valence-electron chi connectivity index (χ4n) is 2.94. The molecule has 1 aliphatic rings. The number of nitrogens with zero attached hydrogens (tertiary/aromatic N) is 1. The first-order chi connectivity index (χ1) is 10.5.